The maximum absolute atomic E-state index is 12.2. The van der Waals surface area contributed by atoms with Gasteiger partial charge >= 0.3 is 6.09 Å². The summed E-state index contributed by atoms with van der Waals surface area (Å²) in [6.45, 7) is 6.47. The van der Waals surface area contributed by atoms with Crippen molar-refractivity contribution in [1.29, 1.82) is 0 Å². The Morgan fingerprint density at radius 3 is 2.55 bits per heavy atom. The number of ether oxygens (including phenoxy) is 1. The van der Waals surface area contributed by atoms with Gasteiger partial charge in [0.1, 0.15) is 5.60 Å². The lowest BCUT2D eigenvalue weighted by Gasteiger charge is -2.26. The number of nitrogens with zero attached hydrogens (tertiary/aromatic N) is 1. The molecule has 1 aliphatic rings. The van der Waals surface area contributed by atoms with Crippen LogP contribution in [0.1, 0.15) is 38.3 Å². The summed E-state index contributed by atoms with van der Waals surface area (Å²) in [4.78, 5) is 13.9. The van der Waals surface area contributed by atoms with Crippen LogP contribution in [0.5, 0.6) is 0 Å². The second-order valence-corrected chi connectivity index (χ2v) is 8.04. The van der Waals surface area contributed by atoms with Gasteiger partial charge in [-0.05, 0) is 56.9 Å². The highest BCUT2D eigenvalue weighted by atomic mass is 32.2. The van der Waals surface area contributed by atoms with Gasteiger partial charge in [0, 0.05) is 13.1 Å². The first-order chi connectivity index (χ1) is 10.1. The van der Waals surface area contributed by atoms with E-state index in [0.29, 0.717) is 19.5 Å². The lowest BCUT2D eigenvalue weighted by molar-refractivity contribution is 0.0237. The minimum absolute atomic E-state index is 0.108. The second kappa shape index (κ2) is 5.89. The van der Waals surface area contributed by atoms with Gasteiger partial charge in [-0.2, -0.15) is 0 Å². The normalized spacial score (nSPS) is 15.9. The van der Waals surface area contributed by atoms with Crippen LogP contribution in [0.15, 0.2) is 23.1 Å². The fourth-order valence-corrected chi connectivity index (χ4v) is 2.96. The summed E-state index contributed by atoms with van der Waals surface area (Å²) in [6.07, 6.45) is 1.11. The molecule has 122 valence electrons. The fraction of sp³-hybridized carbons (Fsp3) is 0.533. The van der Waals surface area contributed by atoms with Gasteiger partial charge < -0.3 is 9.64 Å². The van der Waals surface area contributed by atoms with Crippen molar-refractivity contribution in [1.82, 2.24) is 4.90 Å². The Morgan fingerprint density at radius 2 is 1.95 bits per heavy atom. The maximum Gasteiger partial charge on any atom is 0.410 e. The van der Waals surface area contributed by atoms with E-state index in [1.54, 1.807) is 17.0 Å². The highest BCUT2D eigenvalue weighted by Crippen LogP contribution is 2.23. The molecule has 1 aromatic carbocycles. The van der Waals surface area contributed by atoms with E-state index in [4.69, 9.17) is 9.88 Å². The van der Waals surface area contributed by atoms with Gasteiger partial charge in [-0.15, -0.1) is 0 Å². The lowest BCUT2D eigenvalue weighted by atomic mass is 10.0. The van der Waals surface area contributed by atoms with Gasteiger partial charge in [-0.1, -0.05) is 6.07 Å². The number of hydrogen-bond donors (Lipinski definition) is 1. The number of benzene rings is 1. The van der Waals surface area contributed by atoms with Crippen LogP contribution in [0.2, 0.25) is 0 Å². The molecule has 1 heterocycles. The largest absolute Gasteiger partial charge is 0.444 e. The third-order valence-electron chi connectivity index (χ3n) is 3.39. The van der Waals surface area contributed by atoms with Gasteiger partial charge in [0.2, 0.25) is 10.0 Å². The fourth-order valence-electron chi connectivity index (χ4n) is 2.39. The highest BCUT2D eigenvalue weighted by molar-refractivity contribution is 7.89. The zero-order chi connectivity index (χ0) is 16.5. The Morgan fingerprint density at radius 1 is 1.27 bits per heavy atom. The Hall–Kier alpha value is -1.60. The molecule has 1 aromatic rings. The molecule has 6 nitrogen and oxygen atoms in total. The molecule has 0 fully saturated rings. The van der Waals surface area contributed by atoms with Crippen molar-refractivity contribution in [2.24, 2.45) is 5.14 Å². The number of primary sulfonamides is 1. The average Bonchev–Trinajstić information content (AvgIpc) is 2.56. The van der Waals surface area contributed by atoms with Gasteiger partial charge in [0.15, 0.2) is 0 Å². The van der Waals surface area contributed by atoms with Gasteiger partial charge in [-0.3, -0.25) is 0 Å². The number of carbonyl (C=O) groups excluding carboxylic acids is 1. The summed E-state index contributed by atoms with van der Waals surface area (Å²) in [7, 11) is -3.71. The van der Waals surface area contributed by atoms with Crippen molar-refractivity contribution >= 4 is 16.1 Å². The van der Waals surface area contributed by atoms with Crippen molar-refractivity contribution in [2.45, 2.75) is 50.7 Å². The molecule has 0 saturated carbocycles. The van der Waals surface area contributed by atoms with E-state index in [-0.39, 0.29) is 11.0 Å². The first-order valence-electron chi connectivity index (χ1n) is 7.19. The number of fused-ring (bicyclic) bond motifs is 1. The first-order valence-corrected chi connectivity index (χ1v) is 8.73. The number of hydrogen-bond acceptors (Lipinski definition) is 4. The van der Waals surface area contributed by atoms with Crippen LogP contribution in [-0.2, 0) is 27.7 Å². The molecule has 1 aliphatic heterocycles. The van der Waals surface area contributed by atoms with Crippen LogP contribution < -0.4 is 5.14 Å². The summed E-state index contributed by atoms with van der Waals surface area (Å²) in [5, 5.41) is 5.16. The van der Waals surface area contributed by atoms with E-state index in [9.17, 15) is 13.2 Å². The molecule has 0 aromatic heterocycles. The van der Waals surface area contributed by atoms with Crippen LogP contribution in [0.4, 0.5) is 4.79 Å². The number of nitrogens with two attached hydrogens (primary N) is 1. The van der Waals surface area contributed by atoms with Gasteiger partial charge in [0.25, 0.3) is 0 Å². The third kappa shape index (κ3) is 4.20. The smallest absolute Gasteiger partial charge is 0.410 e. The SMILES string of the molecule is CC(C)(C)OC(=O)N1CCCc2cc(S(N)(=O)=O)ccc2C1. The number of sulfonamides is 1. The Kier molecular flexibility index (Phi) is 4.49. The molecule has 22 heavy (non-hydrogen) atoms. The Bertz CT molecular complexity index is 677. The van der Waals surface area contributed by atoms with Crippen molar-refractivity contribution in [3.05, 3.63) is 29.3 Å². The van der Waals surface area contributed by atoms with Crippen molar-refractivity contribution < 1.29 is 17.9 Å². The molecule has 0 radical (unpaired) electrons. The maximum atomic E-state index is 12.2. The van der Waals surface area contributed by atoms with E-state index >= 15 is 0 Å². The predicted octanol–water partition coefficient (Wildman–Crippen LogP) is 2.02. The van der Waals surface area contributed by atoms with Crippen LogP contribution in [0.25, 0.3) is 0 Å². The zero-order valence-corrected chi connectivity index (χ0v) is 13.9. The van der Waals surface area contributed by atoms with Crippen LogP contribution in [0.3, 0.4) is 0 Å². The first kappa shape index (κ1) is 16.8. The molecule has 0 atom stereocenters. The van der Waals surface area contributed by atoms with Crippen LogP contribution >= 0.6 is 0 Å². The van der Waals surface area contributed by atoms with Gasteiger partial charge in [0.05, 0.1) is 4.90 Å². The molecule has 2 N–H and O–H groups in total. The average molecular weight is 326 g/mol. The molecule has 2 rings (SSSR count). The van der Waals surface area contributed by atoms with Crippen molar-refractivity contribution in [3.63, 3.8) is 0 Å². The zero-order valence-electron chi connectivity index (χ0n) is 13.1. The van der Waals surface area contributed by atoms with E-state index in [1.807, 2.05) is 20.8 Å². The van der Waals surface area contributed by atoms with E-state index in [2.05, 4.69) is 0 Å². The molecule has 0 spiro atoms. The molecule has 0 saturated heterocycles. The van der Waals surface area contributed by atoms with E-state index in [0.717, 1.165) is 17.5 Å². The molecule has 1 amide bonds. The van der Waals surface area contributed by atoms with Crippen LogP contribution in [-0.4, -0.2) is 31.6 Å². The van der Waals surface area contributed by atoms with Crippen LogP contribution in [0, 0.1) is 0 Å². The number of amides is 1. The van der Waals surface area contributed by atoms with Crippen molar-refractivity contribution in [3.8, 4) is 0 Å². The monoisotopic (exact) mass is 326 g/mol. The Labute approximate surface area is 131 Å². The molecular weight excluding hydrogens is 304 g/mol. The molecule has 0 bridgehead atoms. The summed E-state index contributed by atoms with van der Waals surface area (Å²) >= 11 is 0. The minimum atomic E-state index is -3.71. The van der Waals surface area contributed by atoms with Gasteiger partial charge in [-0.25, -0.2) is 18.4 Å². The molecule has 7 heteroatoms. The summed E-state index contributed by atoms with van der Waals surface area (Å²) in [5.41, 5.74) is 1.30. The third-order valence-corrected chi connectivity index (χ3v) is 4.30. The van der Waals surface area contributed by atoms with Crippen molar-refractivity contribution in [2.75, 3.05) is 6.54 Å². The van der Waals surface area contributed by atoms with E-state index in [1.165, 1.54) is 6.07 Å². The summed E-state index contributed by atoms with van der Waals surface area (Å²) < 4.78 is 28.3. The topological polar surface area (TPSA) is 89.7 Å². The number of aryl methyl sites for hydroxylation is 1. The Balaban J connectivity index is 2.23. The number of rotatable bonds is 1. The quantitative estimate of drug-likeness (QED) is 0.855. The number of carbonyl (C=O) groups is 1. The summed E-state index contributed by atoms with van der Waals surface area (Å²) in [5.74, 6) is 0. The summed E-state index contributed by atoms with van der Waals surface area (Å²) in [6, 6.07) is 4.80. The predicted molar refractivity (Wildman–Crippen MR) is 82.8 cm³/mol. The standard InChI is InChI=1S/C15H22N2O4S/c1-15(2,3)21-14(18)17-8-4-5-11-9-13(22(16,19)20)7-6-12(11)10-17/h6-7,9H,4-5,8,10H2,1-3H3,(H2,16,19,20). The molecule has 0 aliphatic carbocycles. The lowest BCUT2D eigenvalue weighted by Crippen LogP contribution is -2.36. The molecule has 0 unspecified atom stereocenters. The highest BCUT2D eigenvalue weighted by Gasteiger charge is 2.25. The molecular formula is C15H22N2O4S. The minimum Gasteiger partial charge on any atom is -0.444 e. The van der Waals surface area contributed by atoms with E-state index < -0.39 is 15.6 Å². The second-order valence-electron chi connectivity index (χ2n) is 6.48.